The quantitative estimate of drug-likeness (QED) is 0.785. The van der Waals surface area contributed by atoms with Gasteiger partial charge in [-0.25, -0.2) is 4.79 Å². The van der Waals surface area contributed by atoms with Crippen molar-refractivity contribution in [2.24, 2.45) is 11.8 Å². The molecule has 0 fully saturated rings. The van der Waals surface area contributed by atoms with Crippen molar-refractivity contribution in [3.05, 3.63) is 35.4 Å². The molecule has 4 nitrogen and oxygen atoms in total. The van der Waals surface area contributed by atoms with Gasteiger partial charge in [-0.3, -0.25) is 4.79 Å². The summed E-state index contributed by atoms with van der Waals surface area (Å²) < 4.78 is 4.76. The third-order valence-corrected chi connectivity index (χ3v) is 3.94. The van der Waals surface area contributed by atoms with Gasteiger partial charge in [-0.05, 0) is 36.3 Å². The van der Waals surface area contributed by atoms with Crippen LogP contribution in [0.1, 0.15) is 51.7 Å². The number of rotatable bonds is 7. The molecule has 0 saturated carbocycles. The topological polar surface area (TPSA) is 55.4 Å². The van der Waals surface area contributed by atoms with Crippen molar-refractivity contribution in [3.8, 4) is 0 Å². The molecule has 1 rings (SSSR count). The fourth-order valence-electron chi connectivity index (χ4n) is 2.47. The molecule has 1 amide bonds. The minimum absolute atomic E-state index is 0.0213. The monoisotopic (exact) mass is 319 g/mol. The Labute approximate surface area is 139 Å². The SMILES string of the molecule is COC(=O)C(NC(=O)C(C)c1ccc(CC(C)C)cc1)C(C)C. The van der Waals surface area contributed by atoms with E-state index in [1.165, 1.54) is 12.7 Å². The van der Waals surface area contributed by atoms with Gasteiger partial charge in [0.15, 0.2) is 0 Å². The average molecular weight is 319 g/mol. The smallest absolute Gasteiger partial charge is 0.328 e. The first-order valence-corrected chi connectivity index (χ1v) is 8.23. The summed E-state index contributed by atoms with van der Waals surface area (Å²) in [6.45, 7) is 9.98. The van der Waals surface area contributed by atoms with Crippen LogP contribution in [-0.4, -0.2) is 25.0 Å². The van der Waals surface area contributed by atoms with Crippen molar-refractivity contribution in [1.29, 1.82) is 0 Å². The molecule has 1 aromatic rings. The van der Waals surface area contributed by atoms with Gasteiger partial charge >= 0.3 is 5.97 Å². The first kappa shape index (κ1) is 19.2. The zero-order chi connectivity index (χ0) is 17.6. The van der Waals surface area contributed by atoms with E-state index in [9.17, 15) is 9.59 Å². The molecule has 0 aliphatic rings. The number of benzene rings is 1. The highest BCUT2D eigenvalue weighted by Gasteiger charge is 2.27. The molecular weight excluding hydrogens is 290 g/mol. The van der Waals surface area contributed by atoms with Crippen LogP contribution in [0.2, 0.25) is 0 Å². The summed E-state index contributed by atoms with van der Waals surface area (Å²) in [5, 5.41) is 2.80. The van der Waals surface area contributed by atoms with E-state index in [2.05, 4.69) is 31.3 Å². The summed E-state index contributed by atoms with van der Waals surface area (Å²) in [5.74, 6) is -0.298. The predicted octanol–water partition coefficient (Wildman–Crippen LogP) is 3.30. The van der Waals surface area contributed by atoms with Crippen LogP contribution in [0.15, 0.2) is 24.3 Å². The Bertz CT molecular complexity index is 520. The van der Waals surface area contributed by atoms with Crippen molar-refractivity contribution >= 4 is 11.9 Å². The highest BCUT2D eigenvalue weighted by Crippen LogP contribution is 2.18. The lowest BCUT2D eigenvalue weighted by molar-refractivity contribution is -0.146. The highest BCUT2D eigenvalue weighted by atomic mass is 16.5. The van der Waals surface area contributed by atoms with Crippen molar-refractivity contribution < 1.29 is 14.3 Å². The second-order valence-electron chi connectivity index (χ2n) is 6.81. The molecule has 0 saturated heterocycles. The van der Waals surface area contributed by atoms with E-state index in [0.717, 1.165) is 12.0 Å². The summed E-state index contributed by atoms with van der Waals surface area (Å²) in [6.07, 6.45) is 1.03. The van der Waals surface area contributed by atoms with Gasteiger partial charge in [-0.15, -0.1) is 0 Å². The van der Waals surface area contributed by atoms with Crippen molar-refractivity contribution in [3.63, 3.8) is 0 Å². The number of ether oxygens (including phenoxy) is 1. The minimum atomic E-state index is -0.616. The number of amides is 1. The van der Waals surface area contributed by atoms with Gasteiger partial charge in [-0.2, -0.15) is 0 Å². The van der Waals surface area contributed by atoms with Crippen LogP contribution in [0.4, 0.5) is 0 Å². The lowest BCUT2D eigenvalue weighted by atomic mass is 9.95. The molecule has 4 heteroatoms. The Morgan fingerprint density at radius 3 is 2.04 bits per heavy atom. The number of nitrogens with one attached hydrogen (secondary N) is 1. The molecule has 0 aliphatic heterocycles. The minimum Gasteiger partial charge on any atom is -0.467 e. The summed E-state index contributed by atoms with van der Waals surface area (Å²) in [7, 11) is 1.33. The average Bonchev–Trinajstić information content (AvgIpc) is 2.50. The molecule has 2 unspecified atom stereocenters. The molecule has 23 heavy (non-hydrogen) atoms. The summed E-state index contributed by atoms with van der Waals surface area (Å²) in [4.78, 5) is 24.2. The van der Waals surface area contributed by atoms with E-state index < -0.39 is 12.0 Å². The molecule has 0 spiro atoms. The normalized spacial score (nSPS) is 13.7. The van der Waals surface area contributed by atoms with Crippen LogP contribution < -0.4 is 5.32 Å². The zero-order valence-electron chi connectivity index (χ0n) is 15.1. The first-order valence-electron chi connectivity index (χ1n) is 8.23. The molecule has 0 radical (unpaired) electrons. The van der Waals surface area contributed by atoms with Crippen LogP contribution in [0, 0.1) is 11.8 Å². The van der Waals surface area contributed by atoms with Crippen LogP contribution in [0.5, 0.6) is 0 Å². The maximum absolute atomic E-state index is 12.4. The van der Waals surface area contributed by atoms with E-state index in [4.69, 9.17) is 4.74 Å². The molecule has 0 bridgehead atoms. The van der Waals surface area contributed by atoms with Gasteiger partial charge in [0.05, 0.1) is 13.0 Å². The predicted molar refractivity (Wildman–Crippen MR) is 92.2 cm³/mol. The molecule has 1 N–H and O–H groups in total. The zero-order valence-corrected chi connectivity index (χ0v) is 15.1. The van der Waals surface area contributed by atoms with E-state index in [1.54, 1.807) is 0 Å². The van der Waals surface area contributed by atoms with Crippen molar-refractivity contribution in [1.82, 2.24) is 5.32 Å². The van der Waals surface area contributed by atoms with E-state index in [-0.39, 0.29) is 17.7 Å². The standard InChI is InChI=1S/C19H29NO3/c1-12(2)11-15-7-9-16(10-8-15)14(5)18(21)20-17(13(3)4)19(22)23-6/h7-10,12-14,17H,11H2,1-6H3,(H,20,21). The Hall–Kier alpha value is -1.84. The number of esters is 1. The van der Waals surface area contributed by atoms with Gasteiger partial charge in [0.2, 0.25) is 5.91 Å². The highest BCUT2D eigenvalue weighted by molar-refractivity contribution is 5.88. The number of hydrogen-bond donors (Lipinski definition) is 1. The fourth-order valence-corrected chi connectivity index (χ4v) is 2.47. The van der Waals surface area contributed by atoms with E-state index >= 15 is 0 Å². The Morgan fingerprint density at radius 1 is 1.04 bits per heavy atom. The fraction of sp³-hybridized carbons (Fsp3) is 0.579. The van der Waals surface area contributed by atoms with Crippen LogP contribution in [0.25, 0.3) is 0 Å². The maximum Gasteiger partial charge on any atom is 0.328 e. The summed E-state index contributed by atoms with van der Waals surface area (Å²) in [6, 6.07) is 7.50. The molecule has 128 valence electrons. The Morgan fingerprint density at radius 2 is 1.61 bits per heavy atom. The molecular formula is C19H29NO3. The number of carbonyl (C=O) groups is 2. The number of hydrogen-bond acceptors (Lipinski definition) is 3. The molecule has 0 aliphatic carbocycles. The van der Waals surface area contributed by atoms with Crippen molar-refractivity contribution in [2.75, 3.05) is 7.11 Å². The van der Waals surface area contributed by atoms with Gasteiger partial charge in [0.25, 0.3) is 0 Å². The van der Waals surface area contributed by atoms with Gasteiger partial charge in [0.1, 0.15) is 6.04 Å². The third-order valence-electron chi connectivity index (χ3n) is 3.94. The lowest BCUT2D eigenvalue weighted by Crippen LogP contribution is -2.46. The second kappa shape index (κ2) is 8.70. The Kier molecular flexibility index (Phi) is 7.27. The molecule has 1 aromatic carbocycles. The van der Waals surface area contributed by atoms with Gasteiger partial charge < -0.3 is 10.1 Å². The molecule has 2 atom stereocenters. The van der Waals surface area contributed by atoms with Gasteiger partial charge in [-0.1, -0.05) is 52.0 Å². The number of carbonyl (C=O) groups excluding carboxylic acids is 2. The first-order chi connectivity index (χ1) is 10.8. The lowest BCUT2D eigenvalue weighted by Gasteiger charge is -2.22. The Balaban J connectivity index is 2.77. The van der Waals surface area contributed by atoms with Crippen molar-refractivity contribution in [2.45, 2.75) is 53.0 Å². The van der Waals surface area contributed by atoms with E-state index in [1.807, 2.05) is 32.9 Å². The maximum atomic E-state index is 12.4. The summed E-state index contributed by atoms with van der Waals surface area (Å²) >= 11 is 0. The third kappa shape index (κ3) is 5.70. The van der Waals surface area contributed by atoms with Gasteiger partial charge in [0, 0.05) is 0 Å². The molecule has 0 aromatic heterocycles. The second-order valence-corrected chi connectivity index (χ2v) is 6.81. The molecule has 0 heterocycles. The number of methoxy groups -OCH3 is 1. The van der Waals surface area contributed by atoms with Crippen LogP contribution in [0.3, 0.4) is 0 Å². The largest absolute Gasteiger partial charge is 0.467 e. The van der Waals surface area contributed by atoms with E-state index in [0.29, 0.717) is 5.92 Å². The van der Waals surface area contributed by atoms with Crippen LogP contribution in [-0.2, 0) is 20.7 Å². The van der Waals surface area contributed by atoms with Crippen LogP contribution >= 0.6 is 0 Å². The summed E-state index contributed by atoms with van der Waals surface area (Å²) in [5.41, 5.74) is 2.22.